The Morgan fingerprint density at radius 2 is 2.19 bits per heavy atom. The zero-order valence-corrected chi connectivity index (χ0v) is 9.56. The van der Waals surface area contributed by atoms with E-state index in [-0.39, 0.29) is 18.4 Å². The van der Waals surface area contributed by atoms with Crippen LogP contribution in [0.2, 0.25) is 0 Å². The molecule has 4 nitrogen and oxygen atoms in total. The van der Waals surface area contributed by atoms with E-state index >= 15 is 0 Å². The predicted molar refractivity (Wildman–Crippen MR) is 61.9 cm³/mol. The molecule has 0 fully saturated rings. The Kier molecular flexibility index (Phi) is 4.95. The van der Waals surface area contributed by atoms with Crippen molar-refractivity contribution >= 4 is 5.78 Å². The van der Waals surface area contributed by atoms with E-state index < -0.39 is 0 Å². The van der Waals surface area contributed by atoms with Crippen LogP contribution in [0.4, 0.5) is 0 Å². The van der Waals surface area contributed by atoms with E-state index in [1.807, 2.05) is 6.07 Å². The van der Waals surface area contributed by atoms with Gasteiger partial charge in [-0.25, -0.2) is 0 Å². The molecule has 0 aliphatic heterocycles. The van der Waals surface area contributed by atoms with Crippen molar-refractivity contribution in [2.24, 2.45) is 0 Å². The van der Waals surface area contributed by atoms with Crippen molar-refractivity contribution in [3.63, 3.8) is 0 Å². The molecule has 0 saturated carbocycles. The zero-order chi connectivity index (χ0) is 12.0. The smallest absolute Gasteiger partial charge is 0.183 e. The Hall–Kier alpha value is -1.39. The maximum Gasteiger partial charge on any atom is 0.183 e. The summed E-state index contributed by atoms with van der Waals surface area (Å²) < 4.78 is 5.12. The van der Waals surface area contributed by atoms with Gasteiger partial charge < -0.3 is 15.2 Å². The fourth-order valence-corrected chi connectivity index (χ4v) is 1.46. The molecule has 0 spiro atoms. The zero-order valence-electron chi connectivity index (χ0n) is 9.56. The molecule has 0 radical (unpaired) electrons. The second-order valence-electron chi connectivity index (χ2n) is 3.46. The van der Waals surface area contributed by atoms with Crippen LogP contribution in [-0.2, 0) is 0 Å². The third-order valence-electron chi connectivity index (χ3n) is 2.33. The summed E-state index contributed by atoms with van der Waals surface area (Å²) in [5.74, 6) is 0.538. The van der Waals surface area contributed by atoms with Gasteiger partial charge in [0.15, 0.2) is 5.78 Å². The lowest BCUT2D eigenvalue weighted by Gasteiger charge is -2.13. The fourth-order valence-electron chi connectivity index (χ4n) is 1.46. The number of Topliss-reactive ketones (excluding diaryl/α,β-unsaturated/α-hetero) is 1. The van der Waals surface area contributed by atoms with E-state index in [2.05, 4.69) is 5.32 Å². The van der Waals surface area contributed by atoms with E-state index in [0.29, 0.717) is 17.9 Å². The molecular weight excluding hydrogens is 206 g/mol. The average molecular weight is 223 g/mol. The highest BCUT2D eigenvalue weighted by Crippen LogP contribution is 2.18. The molecule has 0 aliphatic carbocycles. The van der Waals surface area contributed by atoms with Crippen LogP contribution in [0.3, 0.4) is 0 Å². The number of aliphatic hydroxyl groups is 1. The number of carbonyl (C=O) groups excluding carboxylic acids is 1. The molecule has 0 aliphatic rings. The highest BCUT2D eigenvalue weighted by atomic mass is 16.5. The first kappa shape index (κ1) is 12.7. The van der Waals surface area contributed by atoms with Crippen molar-refractivity contribution in [1.82, 2.24) is 5.32 Å². The molecule has 1 aromatic carbocycles. The number of rotatable bonds is 6. The first-order valence-electron chi connectivity index (χ1n) is 5.22. The summed E-state index contributed by atoms with van der Waals surface area (Å²) in [4.78, 5) is 12.0. The van der Waals surface area contributed by atoms with E-state index in [4.69, 9.17) is 9.84 Å². The molecule has 1 unspecified atom stereocenters. The van der Waals surface area contributed by atoms with E-state index in [9.17, 15) is 4.79 Å². The van der Waals surface area contributed by atoms with Crippen LogP contribution in [0.25, 0.3) is 0 Å². The molecule has 16 heavy (non-hydrogen) atoms. The Bertz CT molecular complexity index is 352. The van der Waals surface area contributed by atoms with Gasteiger partial charge in [-0.3, -0.25) is 4.79 Å². The maximum atomic E-state index is 12.0. The standard InChI is InChI=1S/C12H17NO3/c1-9(13-7-8-14)12(15)10-5-3-4-6-11(10)16-2/h3-6,9,13-14H,7-8H2,1-2H3. The lowest BCUT2D eigenvalue weighted by Crippen LogP contribution is -2.35. The van der Waals surface area contributed by atoms with Crippen LogP contribution in [0, 0.1) is 0 Å². The minimum absolute atomic E-state index is 0.0174. The van der Waals surface area contributed by atoms with Gasteiger partial charge in [0, 0.05) is 6.54 Å². The number of nitrogens with one attached hydrogen (secondary N) is 1. The number of benzene rings is 1. The molecule has 1 atom stereocenters. The monoisotopic (exact) mass is 223 g/mol. The number of ketones is 1. The Balaban J connectivity index is 2.79. The van der Waals surface area contributed by atoms with Crippen molar-refractivity contribution in [3.8, 4) is 5.75 Å². The normalized spacial score (nSPS) is 12.2. The van der Waals surface area contributed by atoms with Gasteiger partial charge in [0.2, 0.25) is 0 Å². The van der Waals surface area contributed by atoms with Gasteiger partial charge in [-0.2, -0.15) is 0 Å². The summed E-state index contributed by atoms with van der Waals surface area (Å²) >= 11 is 0. The lowest BCUT2D eigenvalue weighted by molar-refractivity contribution is 0.0945. The van der Waals surface area contributed by atoms with Crippen molar-refractivity contribution in [3.05, 3.63) is 29.8 Å². The van der Waals surface area contributed by atoms with Crippen LogP contribution in [0.5, 0.6) is 5.75 Å². The highest BCUT2D eigenvalue weighted by molar-refractivity contribution is 6.02. The van der Waals surface area contributed by atoms with Gasteiger partial charge in [-0.1, -0.05) is 12.1 Å². The number of para-hydroxylation sites is 1. The van der Waals surface area contributed by atoms with Crippen LogP contribution in [0.15, 0.2) is 24.3 Å². The molecule has 1 aromatic rings. The number of hydrogen-bond donors (Lipinski definition) is 2. The molecule has 88 valence electrons. The van der Waals surface area contributed by atoms with Crippen molar-refractivity contribution in [2.75, 3.05) is 20.3 Å². The van der Waals surface area contributed by atoms with Crippen LogP contribution in [0.1, 0.15) is 17.3 Å². The molecule has 0 saturated heterocycles. The molecule has 4 heteroatoms. The maximum absolute atomic E-state index is 12.0. The average Bonchev–Trinajstić information content (AvgIpc) is 2.34. The lowest BCUT2D eigenvalue weighted by atomic mass is 10.0. The number of methoxy groups -OCH3 is 1. The first-order valence-corrected chi connectivity index (χ1v) is 5.22. The largest absolute Gasteiger partial charge is 0.496 e. The molecule has 0 heterocycles. The van der Waals surface area contributed by atoms with Gasteiger partial charge in [-0.15, -0.1) is 0 Å². The third kappa shape index (κ3) is 3.05. The summed E-state index contributed by atoms with van der Waals surface area (Å²) in [5, 5.41) is 11.6. The molecule has 0 bridgehead atoms. The first-order chi connectivity index (χ1) is 7.70. The van der Waals surface area contributed by atoms with Gasteiger partial charge in [0.25, 0.3) is 0 Å². The molecular formula is C12H17NO3. The van der Waals surface area contributed by atoms with Gasteiger partial charge >= 0.3 is 0 Å². The Labute approximate surface area is 95.2 Å². The highest BCUT2D eigenvalue weighted by Gasteiger charge is 2.17. The summed E-state index contributed by atoms with van der Waals surface area (Å²) in [7, 11) is 1.54. The van der Waals surface area contributed by atoms with Crippen molar-refractivity contribution in [1.29, 1.82) is 0 Å². The second-order valence-corrected chi connectivity index (χ2v) is 3.46. The minimum Gasteiger partial charge on any atom is -0.496 e. The topological polar surface area (TPSA) is 58.6 Å². The number of aliphatic hydroxyl groups excluding tert-OH is 1. The number of hydrogen-bond acceptors (Lipinski definition) is 4. The predicted octanol–water partition coefficient (Wildman–Crippen LogP) is 0.848. The summed E-state index contributed by atoms with van der Waals surface area (Å²) in [6.45, 7) is 2.19. The van der Waals surface area contributed by atoms with E-state index in [0.717, 1.165) is 0 Å². The summed E-state index contributed by atoms with van der Waals surface area (Å²) in [6, 6.07) is 6.78. The quantitative estimate of drug-likeness (QED) is 0.702. The number of ether oxygens (including phenoxy) is 1. The number of carbonyl (C=O) groups is 1. The Morgan fingerprint density at radius 3 is 2.81 bits per heavy atom. The van der Waals surface area contributed by atoms with Gasteiger partial charge in [-0.05, 0) is 19.1 Å². The molecule has 0 amide bonds. The van der Waals surface area contributed by atoms with Crippen LogP contribution in [-0.4, -0.2) is 37.2 Å². The van der Waals surface area contributed by atoms with Crippen molar-refractivity contribution in [2.45, 2.75) is 13.0 Å². The second kappa shape index (κ2) is 6.25. The van der Waals surface area contributed by atoms with E-state index in [1.54, 1.807) is 25.1 Å². The van der Waals surface area contributed by atoms with Gasteiger partial charge in [0.05, 0.1) is 25.3 Å². The SMILES string of the molecule is COc1ccccc1C(=O)C(C)NCCO. The van der Waals surface area contributed by atoms with Crippen molar-refractivity contribution < 1.29 is 14.6 Å². The molecule has 0 aromatic heterocycles. The molecule has 1 rings (SSSR count). The van der Waals surface area contributed by atoms with Crippen LogP contribution >= 0.6 is 0 Å². The minimum atomic E-state index is -0.330. The summed E-state index contributed by atoms with van der Waals surface area (Å²) in [5.41, 5.74) is 0.558. The third-order valence-corrected chi connectivity index (χ3v) is 2.33. The van der Waals surface area contributed by atoms with Gasteiger partial charge in [0.1, 0.15) is 5.75 Å². The molecule has 2 N–H and O–H groups in total. The van der Waals surface area contributed by atoms with E-state index in [1.165, 1.54) is 7.11 Å². The summed E-state index contributed by atoms with van der Waals surface area (Å²) in [6.07, 6.45) is 0. The Morgan fingerprint density at radius 1 is 1.50 bits per heavy atom. The van der Waals surface area contributed by atoms with Crippen LogP contribution < -0.4 is 10.1 Å². The fraction of sp³-hybridized carbons (Fsp3) is 0.417.